The zero-order valence-electron chi connectivity index (χ0n) is 9.65. The van der Waals surface area contributed by atoms with Crippen molar-refractivity contribution in [3.8, 4) is 0 Å². The van der Waals surface area contributed by atoms with Gasteiger partial charge in [0, 0.05) is 0 Å². The number of hydrogen-bond acceptors (Lipinski definition) is 2. The van der Waals surface area contributed by atoms with E-state index in [0.717, 1.165) is 24.8 Å². The van der Waals surface area contributed by atoms with Gasteiger partial charge in [0.05, 0.1) is 0 Å². The van der Waals surface area contributed by atoms with Gasteiger partial charge in [0.1, 0.15) is 6.04 Å². The van der Waals surface area contributed by atoms with E-state index in [-0.39, 0.29) is 0 Å². The molecule has 0 aliphatic carbocycles. The van der Waals surface area contributed by atoms with Crippen LogP contribution in [0.1, 0.15) is 30.9 Å². The van der Waals surface area contributed by atoms with E-state index < -0.39 is 12.0 Å². The normalized spacial score (nSPS) is 12.4. The van der Waals surface area contributed by atoms with E-state index in [4.69, 9.17) is 10.8 Å². The van der Waals surface area contributed by atoms with Crippen molar-refractivity contribution in [2.24, 2.45) is 5.73 Å². The average Bonchev–Trinajstić information content (AvgIpc) is 2.28. The molecule has 0 heterocycles. The van der Waals surface area contributed by atoms with Crippen molar-refractivity contribution in [3.05, 3.63) is 35.4 Å². The molecule has 0 aliphatic heterocycles. The Balaban J connectivity index is 2.46. The Kier molecular flexibility index (Phi) is 4.99. The maximum Gasteiger partial charge on any atom is 0.320 e. The second-order valence-corrected chi connectivity index (χ2v) is 4.05. The monoisotopic (exact) mass is 221 g/mol. The molecule has 0 aromatic heterocycles. The summed E-state index contributed by atoms with van der Waals surface area (Å²) >= 11 is 0. The highest BCUT2D eigenvalue weighted by Gasteiger charge is 2.10. The first-order chi connectivity index (χ1) is 7.63. The minimum absolute atomic E-state index is 0.489. The molecule has 1 atom stereocenters. The van der Waals surface area contributed by atoms with Crippen molar-refractivity contribution in [1.29, 1.82) is 0 Å². The van der Waals surface area contributed by atoms with Gasteiger partial charge >= 0.3 is 5.97 Å². The van der Waals surface area contributed by atoms with Crippen LogP contribution in [0.15, 0.2) is 24.3 Å². The molecule has 1 aromatic carbocycles. The second kappa shape index (κ2) is 6.28. The van der Waals surface area contributed by atoms with Crippen LogP contribution in [0, 0.1) is 0 Å². The van der Waals surface area contributed by atoms with Crippen LogP contribution in [-0.2, 0) is 17.6 Å². The lowest BCUT2D eigenvalue weighted by Crippen LogP contribution is -2.30. The third-order valence-electron chi connectivity index (χ3n) is 2.62. The van der Waals surface area contributed by atoms with Crippen LogP contribution in [-0.4, -0.2) is 17.1 Å². The smallest absolute Gasteiger partial charge is 0.320 e. The van der Waals surface area contributed by atoms with Gasteiger partial charge in [0.2, 0.25) is 0 Å². The summed E-state index contributed by atoms with van der Waals surface area (Å²) < 4.78 is 0. The zero-order valence-corrected chi connectivity index (χ0v) is 9.65. The molecular formula is C13H19NO2. The van der Waals surface area contributed by atoms with Gasteiger partial charge < -0.3 is 10.8 Å². The number of carbonyl (C=O) groups is 1. The molecule has 3 nitrogen and oxygen atoms in total. The standard InChI is InChI=1S/C13H19NO2/c1-2-3-10-4-6-11(7-5-10)8-9-12(14)13(15)16/h4-7,12H,2-3,8-9,14H2,1H3,(H,15,16). The number of benzene rings is 1. The molecule has 1 unspecified atom stereocenters. The van der Waals surface area contributed by atoms with Crippen LogP contribution < -0.4 is 5.73 Å². The Morgan fingerprint density at radius 3 is 2.19 bits per heavy atom. The molecule has 3 heteroatoms. The largest absolute Gasteiger partial charge is 0.480 e. The Hall–Kier alpha value is -1.35. The molecule has 16 heavy (non-hydrogen) atoms. The highest BCUT2D eigenvalue weighted by atomic mass is 16.4. The van der Waals surface area contributed by atoms with Gasteiger partial charge in [-0.1, -0.05) is 37.6 Å². The number of rotatable bonds is 6. The maximum atomic E-state index is 10.5. The number of aliphatic carboxylic acids is 1. The summed E-state index contributed by atoms with van der Waals surface area (Å²) in [4.78, 5) is 10.5. The van der Waals surface area contributed by atoms with Crippen molar-refractivity contribution < 1.29 is 9.90 Å². The van der Waals surface area contributed by atoms with E-state index >= 15 is 0 Å². The first kappa shape index (κ1) is 12.7. The highest BCUT2D eigenvalue weighted by molar-refractivity contribution is 5.73. The van der Waals surface area contributed by atoms with Gasteiger partial charge in [-0.3, -0.25) is 4.79 Å². The first-order valence-corrected chi connectivity index (χ1v) is 5.69. The van der Waals surface area contributed by atoms with Crippen LogP contribution in [0.3, 0.4) is 0 Å². The molecule has 0 radical (unpaired) electrons. The Morgan fingerprint density at radius 1 is 1.25 bits per heavy atom. The minimum Gasteiger partial charge on any atom is -0.480 e. The first-order valence-electron chi connectivity index (χ1n) is 5.69. The fraction of sp³-hybridized carbons (Fsp3) is 0.462. The molecule has 1 rings (SSSR count). The number of carboxylic acids is 1. The number of aryl methyl sites for hydroxylation is 2. The maximum absolute atomic E-state index is 10.5. The lowest BCUT2D eigenvalue weighted by molar-refractivity contribution is -0.138. The van der Waals surface area contributed by atoms with Crippen LogP contribution >= 0.6 is 0 Å². The van der Waals surface area contributed by atoms with E-state index in [2.05, 4.69) is 31.2 Å². The molecule has 0 fully saturated rings. The number of carboxylic acid groups (broad SMARTS) is 1. The Labute approximate surface area is 96.3 Å². The van der Waals surface area contributed by atoms with E-state index in [1.807, 2.05) is 0 Å². The molecule has 0 amide bonds. The third-order valence-corrected chi connectivity index (χ3v) is 2.62. The predicted molar refractivity (Wildman–Crippen MR) is 64.4 cm³/mol. The van der Waals surface area contributed by atoms with Crippen LogP contribution in [0.4, 0.5) is 0 Å². The molecule has 0 aliphatic rings. The van der Waals surface area contributed by atoms with E-state index in [0.29, 0.717) is 6.42 Å². The number of hydrogen-bond donors (Lipinski definition) is 2. The lowest BCUT2D eigenvalue weighted by atomic mass is 10.0. The summed E-state index contributed by atoms with van der Waals surface area (Å²) in [5.41, 5.74) is 7.92. The molecule has 0 saturated carbocycles. The molecule has 0 spiro atoms. The summed E-state index contributed by atoms with van der Waals surface area (Å²) in [6.45, 7) is 2.15. The number of nitrogens with two attached hydrogens (primary N) is 1. The fourth-order valence-corrected chi connectivity index (χ4v) is 1.61. The van der Waals surface area contributed by atoms with Gasteiger partial charge in [-0.15, -0.1) is 0 Å². The van der Waals surface area contributed by atoms with Crippen molar-refractivity contribution in [2.45, 2.75) is 38.6 Å². The van der Waals surface area contributed by atoms with Crippen molar-refractivity contribution in [1.82, 2.24) is 0 Å². The second-order valence-electron chi connectivity index (χ2n) is 4.05. The summed E-state index contributed by atoms with van der Waals surface area (Å²) in [6, 6.07) is 7.56. The summed E-state index contributed by atoms with van der Waals surface area (Å²) in [7, 11) is 0. The predicted octanol–water partition coefficient (Wildman–Crippen LogP) is 1.98. The zero-order chi connectivity index (χ0) is 12.0. The minimum atomic E-state index is -0.928. The average molecular weight is 221 g/mol. The van der Waals surface area contributed by atoms with Gasteiger partial charge in [-0.05, 0) is 30.4 Å². The summed E-state index contributed by atoms with van der Waals surface area (Å²) in [6.07, 6.45) is 3.44. The quantitative estimate of drug-likeness (QED) is 0.772. The fourth-order valence-electron chi connectivity index (χ4n) is 1.61. The molecule has 3 N–H and O–H groups in total. The van der Waals surface area contributed by atoms with E-state index in [9.17, 15) is 4.79 Å². The SMILES string of the molecule is CCCc1ccc(CCC(N)C(=O)O)cc1. The van der Waals surface area contributed by atoms with Crippen LogP contribution in [0.2, 0.25) is 0 Å². The molecular weight excluding hydrogens is 202 g/mol. The van der Waals surface area contributed by atoms with Crippen molar-refractivity contribution in [2.75, 3.05) is 0 Å². The molecule has 0 bridgehead atoms. The van der Waals surface area contributed by atoms with E-state index in [1.165, 1.54) is 5.56 Å². The molecule has 88 valence electrons. The lowest BCUT2D eigenvalue weighted by Gasteiger charge is -2.06. The van der Waals surface area contributed by atoms with Crippen LogP contribution in [0.5, 0.6) is 0 Å². The highest BCUT2D eigenvalue weighted by Crippen LogP contribution is 2.09. The van der Waals surface area contributed by atoms with Crippen molar-refractivity contribution in [3.63, 3.8) is 0 Å². The van der Waals surface area contributed by atoms with E-state index in [1.54, 1.807) is 0 Å². The topological polar surface area (TPSA) is 63.3 Å². The Morgan fingerprint density at radius 2 is 1.75 bits per heavy atom. The van der Waals surface area contributed by atoms with Gasteiger partial charge in [-0.25, -0.2) is 0 Å². The Bertz CT molecular complexity index is 332. The molecule has 1 aromatic rings. The van der Waals surface area contributed by atoms with Gasteiger partial charge in [-0.2, -0.15) is 0 Å². The third kappa shape index (κ3) is 4.03. The van der Waals surface area contributed by atoms with Crippen LogP contribution in [0.25, 0.3) is 0 Å². The summed E-state index contributed by atoms with van der Waals surface area (Å²) in [5, 5.41) is 8.65. The van der Waals surface area contributed by atoms with Gasteiger partial charge in [0.15, 0.2) is 0 Å². The van der Waals surface area contributed by atoms with Gasteiger partial charge in [0.25, 0.3) is 0 Å². The summed E-state index contributed by atoms with van der Waals surface area (Å²) in [5.74, 6) is -0.928. The van der Waals surface area contributed by atoms with Crippen molar-refractivity contribution >= 4 is 5.97 Å². The molecule has 0 saturated heterocycles.